The third kappa shape index (κ3) is 3.99. The van der Waals surface area contributed by atoms with Crippen LogP contribution in [0.1, 0.15) is 17.2 Å². The van der Waals surface area contributed by atoms with Crippen LogP contribution in [0.2, 0.25) is 0 Å². The van der Waals surface area contributed by atoms with Crippen molar-refractivity contribution in [2.45, 2.75) is 6.04 Å². The van der Waals surface area contributed by atoms with Gasteiger partial charge in [-0.05, 0) is 43.9 Å². The quantitative estimate of drug-likeness (QED) is 0.424. The van der Waals surface area contributed by atoms with Gasteiger partial charge in [0.1, 0.15) is 17.3 Å². The molecule has 2 heterocycles. The molecule has 0 saturated carbocycles. The number of hydrogen-bond acceptors (Lipinski definition) is 7. The zero-order valence-electron chi connectivity index (χ0n) is 17.5. The van der Waals surface area contributed by atoms with Gasteiger partial charge in [0.2, 0.25) is 0 Å². The highest BCUT2D eigenvalue weighted by Crippen LogP contribution is 2.41. The van der Waals surface area contributed by atoms with E-state index in [1.807, 2.05) is 19.0 Å². The maximum atomic E-state index is 13.0. The van der Waals surface area contributed by atoms with Gasteiger partial charge in [0.15, 0.2) is 0 Å². The monoisotopic (exact) mass is 411 g/mol. The summed E-state index contributed by atoms with van der Waals surface area (Å²) in [5.74, 6) is -0.791. The molecule has 0 radical (unpaired) electrons. The smallest absolute Gasteiger partial charge is 0.295 e. The average molecular weight is 411 g/mol. The number of likely N-dealkylation sites (N-methyl/N-ethyl adjacent to an activating group) is 1. The first-order valence-corrected chi connectivity index (χ1v) is 9.44. The maximum absolute atomic E-state index is 13.0. The van der Waals surface area contributed by atoms with Gasteiger partial charge in [-0.1, -0.05) is 0 Å². The molecule has 1 atom stereocenters. The number of pyridine rings is 1. The van der Waals surface area contributed by atoms with Gasteiger partial charge in [-0.25, -0.2) is 0 Å². The molecule has 1 amide bonds. The van der Waals surface area contributed by atoms with Crippen molar-refractivity contribution in [2.75, 3.05) is 41.4 Å². The van der Waals surface area contributed by atoms with Crippen molar-refractivity contribution in [2.24, 2.45) is 0 Å². The second-order valence-corrected chi connectivity index (χ2v) is 7.14. The van der Waals surface area contributed by atoms with Crippen molar-refractivity contribution in [3.05, 3.63) is 59.4 Å². The van der Waals surface area contributed by atoms with Crippen molar-refractivity contribution in [3.8, 4) is 11.5 Å². The Bertz CT molecular complexity index is 972. The van der Waals surface area contributed by atoms with Crippen LogP contribution in [0.3, 0.4) is 0 Å². The molecule has 8 heteroatoms. The number of likely N-dealkylation sites (tertiary alicyclic amines) is 1. The first kappa shape index (κ1) is 21.3. The van der Waals surface area contributed by atoms with Gasteiger partial charge < -0.3 is 24.4 Å². The molecule has 0 aliphatic carbocycles. The van der Waals surface area contributed by atoms with E-state index in [9.17, 15) is 14.7 Å². The van der Waals surface area contributed by atoms with Gasteiger partial charge in [0.05, 0.1) is 31.4 Å². The molecule has 0 unspecified atom stereocenters. The van der Waals surface area contributed by atoms with Crippen molar-refractivity contribution >= 4 is 17.4 Å². The highest BCUT2D eigenvalue weighted by atomic mass is 16.5. The van der Waals surface area contributed by atoms with Crippen molar-refractivity contribution in [1.82, 2.24) is 14.8 Å². The molecule has 1 aliphatic rings. The predicted octanol–water partition coefficient (Wildman–Crippen LogP) is 2.08. The van der Waals surface area contributed by atoms with Gasteiger partial charge in [-0.15, -0.1) is 0 Å². The Hall–Kier alpha value is -3.39. The molecule has 1 saturated heterocycles. The molecule has 1 fully saturated rings. The summed E-state index contributed by atoms with van der Waals surface area (Å²) < 4.78 is 10.6. The summed E-state index contributed by atoms with van der Waals surface area (Å²) in [7, 11) is 6.76. The van der Waals surface area contributed by atoms with Crippen LogP contribution in [-0.4, -0.2) is 73.0 Å². The number of aromatic nitrogens is 1. The Morgan fingerprint density at radius 3 is 2.43 bits per heavy atom. The number of hydrogen-bond donors (Lipinski definition) is 1. The van der Waals surface area contributed by atoms with E-state index in [0.29, 0.717) is 35.7 Å². The first-order chi connectivity index (χ1) is 14.4. The Balaban J connectivity index is 2.17. The van der Waals surface area contributed by atoms with Gasteiger partial charge in [0.25, 0.3) is 11.7 Å². The zero-order valence-corrected chi connectivity index (χ0v) is 17.5. The van der Waals surface area contributed by atoms with E-state index in [1.54, 1.807) is 42.7 Å². The van der Waals surface area contributed by atoms with E-state index in [0.717, 1.165) is 0 Å². The van der Waals surface area contributed by atoms with Crippen LogP contribution in [0.5, 0.6) is 11.5 Å². The number of benzene rings is 1. The average Bonchev–Trinajstić information content (AvgIpc) is 3.02. The zero-order chi connectivity index (χ0) is 21.8. The minimum Gasteiger partial charge on any atom is -0.507 e. The number of ether oxygens (including phenoxy) is 2. The van der Waals surface area contributed by atoms with Gasteiger partial charge in [0, 0.05) is 31.5 Å². The first-order valence-electron chi connectivity index (χ1n) is 9.44. The maximum Gasteiger partial charge on any atom is 0.295 e. The molecule has 30 heavy (non-hydrogen) atoms. The van der Waals surface area contributed by atoms with Crippen molar-refractivity contribution in [1.29, 1.82) is 0 Å². The fourth-order valence-corrected chi connectivity index (χ4v) is 3.45. The number of rotatable bonds is 7. The number of Topliss-reactive ketones (excluding diaryl/α,β-unsaturated/α-hetero) is 1. The minimum atomic E-state index is -0.731. The number of aliphatic hydroxyl groups is 1. The number of amides is 1. The minimum absolute atomic E-state index is 0.0217. The van der Waals surface area contributed by atoms with E-state index in [2.05, 4.69) is 4.98 Å². The highest BCUT2D eigenvalue weighted by Gasteiger charge is 2.46. The number of nitrogens with zero attached hydrogens (tertiary/aromatic N) is 3. The number of carbonyl (C=O) groups is 2. The lowest BCUT2D eigenvalue weighted by atomic mass is 9.95. The molecule has 1 aromatic heterocycles. The molecule has 0 bridgehead atoms. The van der Waals surface area contributed by atoms with Gasteiger partial charge >= 0.3 is 0 Å². The normalized spacial score (nSPS) is 18.2. The molecule has 0 spiro atoms. The molecule has 158 valence electrons. The molecule has 1 aliphatic heterocycles. The van der Waals surface area contributed by atoms with Crippen LogP contribution in [0, 0.1) is 0 Å². The standard InChI is InChI=1S/C22H25N3O5/c1-24(2)11-12-25-19(14-7-9-23-10-8-14)18(21(27)22(25)28)20(26)16-6-5-15(29-3)13-17(16)30-4/h5-10,13,19,26H,11-12H2,1-4H3/t19-/m0/s1. The molecule has 1 N–H and O–H groups in total. The van der Waals surface area contributed by atoms with E-state index < -0.39 is 17.7 Å². The van der Waals surface area contributed by atoms with E-state index in [4.69, 9.17) is 9.47 Å². The van der Waals surface area contributed by atoms with Crippen LogP contribution < -0.4 is 9.47 Å². The van der Waals surface area contributed by atoms with E-state index in [-0.39, 0.29) is 11.3 Å². The number of methoxy groups -OCH3 is 2. The summed E-state index contributed by atoms with van der Waals surface area (Å²) in [5, 5.41) is 11.1. The third-order valence-corrected chi connectivity index (χ3v) is 5.01. The Morgan fingerprint density at radius 1 is 1.13 bits per heavy atom. The molecular formula is C22H25N3O5. The van der Waals surface area contributed by atoms with Crippen LogP contribution in [0.15, 0.2) is 48.3 Å². The van der Waals surface area contributed by atoms with Gasteiger partial charge in [-0.3, -0.25) is 14.6 Å². The lowest BCUT2D eigenvalue weighted by Gasteiger charge is -2.26. The van der Waals surface area contributed by atoms with E-state index >= 15 is 0 Å². The van der Waals surface area contributed by atoms with Crippen LogP contribution >= 0.6 is 0 Å². The van der Waals surface area contributed by atoms with Crippen LogP contribution in [0.4, 0.5) is 0 Å². The highest BCUT2D eigenvalue weighted by molar-refractivity contribution is 6.46. The fourth-order valence-electron chi connectivity index (χ4n) is 3.45. The number of ketones is 1. The molecule has 2 aromatic rings. The summed E-state index contributed by atoms with van der Waals surface area (Å²) in [6.45, 7) is 0.904. The summed E-state index contributed by atoms with van der Waals surface area (Å²) >= 11 is 0. The molecular weight excluding hydrogens is 386 g/mol. The molecule has 3 rings (SSSR count). The van der Waals surface area contributed by atoms with Crippen molar-refractivity contribution in [3.63, 3.8) is 0 Å². The second kappa shape index (κ2) is 8.96. The fraction of sp³-hybridized carbons (Fsp3) is 0.318. The number of aliphatic hydroxyl groups excluding tert-OH is 1. The lowest BCUT2D eigenvalue weighted by molar-refractivity contribution is -0.140. The molecule has 8 nitrogen and oxygen atoms in total. The SMILES string of the molecule is COc1ccc(C(O)=C2C(=O)C(=O)N(CCN(C)C)[C@H]2c2ccncc2)c(OC)c1. The second-order valence-electron chi connectivity index (χ2n) is 7.14. The van der Waals surface area contributed by atoms with Crippen molar-refractivity contribution < 1.29 is 24.2 Å². The Morgan fingerprint density at radius 2 is 1.83 bits per heavy atom. The topological polar surface area (TPSA) is 92.2 Å². The summed E-state index contributed by atoms with van der Waals surface area (Å²) in [6, 6.07) is 7.61. The lowest BCUT2D eigenvalue weighted by Crippen LogP contribution is -2.35. The predicted molar refractivity (Wildman–Crippen MR) is 111 cm³/mol. The largest absolute Gasteiger partial charge is 0.507 e. The third-order valence-electron chi connectivity index (χ3n) is 5.01. The number of carbonyl (C=O) groups excluding carboxylic acids is 2. The summed E-state index contributed by atoms with van der Waals surface area (Å²) in [6.07, 6.45) is 3.19. The van der Waals surface area contributed by atoms with Gasteiger partial charge in [-0.2, -0.15) is 0 Å². The summed E-state index contributed by atoms with van der Waals surface area (Å²) in [4.78, 5) is 33.3. The summed E-state index contributed by atoms with van der Waals surface area (Å²) in [5.41, 5.74) is 1.02. The Labute approximate surface area is 175 Å². The van der Waals surface area contributed by atoms with Crippen LogP contribution in [-0.2, 0) is 9.59 Å². The Kier molecular flexibility index (Phi) is 6.37. The van der Waals surface area contributed by atoms with E-state index in [1.165, 1.54) is 19.1 Å². The molecule has 1 aromatic carbocycles. The van der Waals surface area contributed by atoms with Crippen LogP contribution in [0.25, 0.3) is 5.76 Å².